The van der Waals surface area contributed by atoms with Crippen molar-refractivity contribution >= 4 is 29.6 Å². The van der Waals surface area contributed by atoms with Gasteiger partial charge in [0, 0.05) is 18.3 Å². The summed E-state index contributed by atoms with van der Waals surface area (Å²) in [5, 5.41) is 15.7. The minimum atomic E-state index is -1.36. The number of hydrogen-bond donors (Lipinski definition) is 7. The summed E-state index contributed by atoms with van der Waals surface area (Å²) in [6.45, 7) is 2.99. The number of carboxylic acid groups (broad SMARTS) is 1. The molecule has 0 aromatic carbocycles. The Morgan fingerprint density at radius 3 is 2.26 bits per heavy atom. The Morgan fingerprint density at radius 2 is 1.74 bits per heavy atom. The number of nitrogens with one attached hydrogen (secondary N) is 4. The van der Waals surface area contributed by atoms with Crippen LogP contribution in [0, 0.1) is 5.92 Å². The average Bonchev–Trinajstić information content (AvgIpc) is 3.17. The first kappa shape index (κ1) is 25.6. The van der Waals surface area contributed by atoms with Gasteiger partial charge in [0.05, 0.1) is 18.8 Å². The minimum absolute atomic E-state index is 0.0205. The maximum absolute atomic E-state index is 12.7. The predicted molar refractivity (Wildman–Crippen MR) is 108 cm³/mol. The van der Waals surface area contributed by atoms with Crippen molar-refractivity contribution in [1.29, 1.82) is 0 Å². The van der Waals surface area contributed by atoms with E-state index in [0.29, 0.717) is 5.69 Å². The number of amides is 4. The molecule has 0 aliphatic rings. The van der Waals surface area contributed by atoms with Crippen LogP contribution in [0.3, 0.4) is 0 Å². The van der Waals surface area contributed by atoms with E-state index in [1.165, 1.54) is 12.5 Å². The van der Waals surface area contributed by atoms with E-state index in [4.69, 9.17) is 16.6 Å². The molecule has 1 aromatic rings. The summed E-state index contributed by atoms with van der Waals surface area (Å²) in [5.41, 5.74) is 11.6. The van der Waals surface area contributed by atoms with E-state index in [0.717, 1.165) is 0 Å². The van der Waals surface area contributed by atoms with Crippen LogP contribution in [0.4, 0.5) is 0 Å². The molecule has 0 saturated heterocycles. The minimum Gasteiger partial charge on any atom is -0.480 e. The van der Waals surface area contributed by atoms with Crippen molar-refractivity contribution in [2.24, 2.45) is 17.4 Å². The summed E-state index contributed by atoms with van der Waals surface area (Å²) in [4.78, 5) is 66.1. The highest BCUT2D eigenvalue weighted by atomic mass is 16.4. The highest BCUT2D eigenvalue weighted by Crippen LogP contribution is 2.06. The number of rotatable bonds is 13. The van der Waals surface area contributed by atoms with Crippen LogP contribution in [0.1, 0.15) is 32.4 Å². The normalized spacial score (nSPS) is 13.7. The second kappa shape index (κ2) is 12.3. The molecule has 1 heterocycles. The highest BCUT2D eigenvalue weighted by Gasteiger charge is 2.30. The molecule has 3 unspecified atom stereocenters. The number of hydrogen-bond acceptors (Lipinski definition) is 7. The molecule has 1 aromatic heterocycles. The number of imidazole rings is 1. The second-order valence-electron chi connectivity index (χ2n) is 7.42. The fourth-order valence-electron chi connectivity index (χ4n) is 2.68. The monoisotopic (exact) mass is 439 g/mol. The van der Waals surface area contributed by atoms with E-state index >= 15 is 0 Å². The molecule has 0 spiro atoms. The van der Waals surface area contributed by atoms with E-state index < -0.39 is 60.7 Å². The summed E-state index contributed by atoms with van der Waals surface area (Å²) in [7, 11) is 0. The predicted octanol–water partition coefficient (Wildman–Crippen LogP) is -2.63. The molecule has 0 bridgehead atoms. The van der Waals surface area contributed by atoms with Gasteiger partial charge in [-0.25, -0.2) is 4.98 Å². The topological polar surface area (TPSA) is 222 Å². The summed E-state index contributed by atoms with van der Waals surface area (Å²) < 4.78 is 0. The third-order valence-electron chi connectivity index (χ3n) is 4.12. The fraction of sp³-hybridized carbons (Fsp3) is 0.556. The van der Waals surface area contributed by atoms with E-state index in [2.05, 4.69) is 25.9 Å². The van der Waals surface area contributed by atoms with Gasteiger partial charge < -0.3 is 37.5 Å². The van der Waals surface area contributed by atoms with Crippen LogP contribution in [0.25, 0.3) is 0 Å². The van der Waals surface area contributed by atoms with Crippen molar-refractivity contribution in [3.63, 3.8) is 0 Å². The van der Waals surface area contributed by atoms with E-state index in [1.54, 1.807) is 13.8 Å². The van der Waals surface area contributed by atoms with Crippen LogP contribution < -0.4 is 27.4 Å². The molecule has 1 rings (SSSR count). The number of H-pyrrole nitrogens is 1. The molecule has 0 fully saturated rings. The van der Waals surface area contributed by atoms with E-state index in [9.17, 15) is 24.0 Å². The Kier molecular flexibility index (Phi) is 10.1. The third kappa shape index (κ3) is 9.71. The molecule has 0 saturated carbocycles. The molecule has 31 heavy (non-hydrogen) atoms. The van der Waals surface area contributed by atoms with Gasteiger partial charge in [0.1, 0.15) is 18.6 Å². The Bertz CT molecular complexity index is 780. The number of primary amides is 1. The number of nitrogens with zero attached hydrogens (tertiary/aromatic N) is 1. The SMILES string of the molecule is CC(C)CC(NC(=O)C(CC(N)=O)NC(=O)C(N)Cc1cnc[nH]1)C(=O)NCC(=O)O. The molecule has 172 valence electrons. The van der Waals surface area contributed by atoms with Gasteiger partial charge in [-0.1, -0.05) is 13.8 Å². The van der Waals surface area contributed by atoms with Crippen molar-refractivity contribution in [3.8, 4) is 0 Å². The van der Waals surface area contributed by atoms with Crippen LogP contribution in [0.2, 0.25) is 0 Å². The molecular weight excluding hydrogens is 410 g/mol. The summed E-state index contributed by atoms with van der Waals surface area (Å²) in [6, 6.07) is -3.47. The van der Waals surface area contributed by atoms with Crippen LogP contribution in [-0.4, -0.2) is 69.3 Å². The lowest BCUT2D eigenvalue weighted by molar-refractivity contribution is -0.139. The van der Waals surface area contributed by atoms with Crippen molar-refractivity contribution < 1.29 is 29.1 Å². The highest BCUT2D eigenvalue weighted by molar-refractivity contribution is 5.95. The lowest BCUT2D eigenvalue weighted by Crippen LogP contribution is -2.57. The molecule has 3 atom stereocenters. The first-order valence-electron chi connectivity index (χ1n) is 9.61. The van der Waals surface area contributed by atoms with E-state index in [1.807, 2.05) is 0 Å². The molecule has 9 N–H and O–H groups in total. The molecule has 0 aliphatic carbocycles. The Morgan fingerprint density at radius 1 is 1.10 bits per heavy atom. The lowest BCUT2D eigenvalue weighted by Gasteiger charge is -2.24. The van der Waals surface area contributed by atoms with Gasteiger partial charge in [0.15, 0.2) is 0 Å². The smallest absolute Gasteiger partial charge is 0.322 e. The quantitative estimate of drug-likeness (QED) is 0.172. The number of carboxylic acids is 1. The third-order valence-corrected chi connectivity index (χ3v) is 4.12. The summed E-state index contributed by atoms with van der Waals surface area (Å²) >= 11 is 0. The largest absolute Gasteiger partial charge is 0.480 e. The lowest BCUT2D eigenvalue weighted by atomic mass is 10.0. The van der Waals surface area contributed by atoms with Crippen molar-refractivity contribution in [1.82, 2.24) is 25.9 Å². The van der Waals surface area contributed by atoms with Crippen LogP contribution in [0.15, 0.2) is 12.5 Å². The number of carbonyl (C=O) groups is 5. The second-order valence-corrected chi connectivity index (χ2v) is 7.42. The van der Waals surface area contributed by atoms with Gasteiger partial charge in [-0.15, -0.1) is 0 Å². The van der Waals surface area contributed by atoms with Gasteiger partial charge in [0.25, 0.3) is 0 Å². The van der Waals surface area contributed by atoms with Gasteiger partial charge in [0.2, 0.25) is 23.6 Å². The molecule has 13 heteroatoms. The van der Waals surface area contributed by atoms with Crippen LogP contribution in [-0.2, 0) is 30.4 Å². The summed E-state index contributed by atoms with van der Waals surface area (Å²) in [6.07, 6.45) is 2.72. The maximum Gasteiger partial charge on any atom is 0.322 e. The zero-order valence-electron chi connectivity index (χ0n) is 17.4. The number of carbonyl (C=O) groups excluding carboxylic acids is 4. The van der Waals surface area contributed by atoms with Gasteiger partial charge >= 0.3 is 5.97 Å². The van der Waals surface area contributed by atoms with E-state index in [-0.39, 0.29) is 18.8 Å². The Labute approximate surface area is 178 Å². The van der Waals surface area contributed by atoms with Crippen molar-refractivity contribution in [3.05, 3.63) is 18.2 Å². The van der Waals surface area contributed by atoms with Gasteiger partial charge in [-0.3, -0.25) is 24.0 Å². The number of nitrogens with two attached hydrogens (primary N) is 2. The van der Waals surface area contributed by atoms with Gasteiger partial charge in [-0.05, 0) is 12.3 Å². The molecule has 0 radical (unpaired) electrons. The number of aromatic nitrogens is 2. The maximum atomic E-state index is 12.7. The first-order valence-corrected chi connectivity index (χ1v) is 9.61. The Balaban J connectivity index is 2.85. The zero-order chi connectivity index (χ0) is 23.6. The van der Waals surface area contributed by atoms with Crippen molar-refractivity contribution in [2.45, 2.75) is 51.2 Å². The molecular formula is C18H29N7O6. The molecule has 13 nitrogen and oxygen atoms in total. The standard InChI is InChI=1S/C18H29N7O6/c1-9(2)3-12(17(30)22-7-15(27)28)25-18(31)13(5-14(20)26)24-16(29)11(19)4-10-6-21-8-23-10/h6,8-9,11-13H,3-5,7,19H2,1-2H3,(H2,20,26)(H,21,23)(H,22,30)(H,24,29)(H,25,31)(H,27,28). The average molecular weight is 439 g/mol. The zero-order valence-corrected chi connectivity index (χ0v) is 17.4. The number of aromatic amines is 1. The van der Waals surface area contributed by atoms with Crippen LogP contribution in [0.5, 0.6) is 0 Å². The Hall–Kier alpha value is -3.48. The van der Waals surface area contributed by atoms with Gasteiger partial charge in [-0.2, -0.15) is 0 Å². The number of aliphatic carboxylic acids is 1. The molecule has 0 aliphatic heterocycles. The summed E-state index contributed by atoms with van der Waals surface area (Å²) in [5.74, 6) is -4.34. The molecule has 4 amide bonds. The van der Waals surface area contributed by atoms with Crippen molar-refractivity contribution in [2.75, 3.05) is 6.54 Å². The fourth-order valence-corrected chi connectivity index (χ4v) is 2.68. The van der Waals surface area contributed by atoms with Crippen LogP contribution >= 0.6 is 0 Å². The first-order chi connectivity index (χ1) is 14.5.